The molecule has 0 unspecified atom stereocenters. The van der Waals surface area contributed by atoms with Gasteiger partial charge in [0, 0.05) is 26.7 Å². The Kier molecular flexibility index (Phi) is 4.20. The van der Waals surface area contributed by atoms with Crippen LogP contribution >= 0.6 is 11.6 Å². The topological polar surface area (TPSA) is 30.7 Å². The van der Waals surface area contributed by atoms with Crippen LogP contribution in [0.15, 0.2) is 109 Å². The third kappa shape index (κ3) is 2.84. The zero-order valence-electron chi connectivity index (χ0n) is 18.1. The first kappa shape index (κ1) is 19.3. The van der Waals surface area contributed by atoms with E-state index in [1.54, 1.807) is 0 Å². The van der Waals surface area contributed by atoms with Crippen molar-refractivity contribution >= 4 is 55.1 Å². The van der Waals surface area contributed by atoms with Gasteiger partial charge in [-0.2, -0.15) is 0 Å². The average Bonchev–Trinajstić information content (AvgIpc) is 3.22. The maximum atomic E-state index is 6.47. The summed E-state index contributed by atoms with van der Waals surface area (Å²) in [7, 11) is 0. The first-order valence-corrected chi connectivity index (χ1v) is 11.6. The minimum atomic E-state index is 0.648. The average molecular weight is 456 g/mol. The van der Waals surface area contributed by atoms with Gasteiger partial charge in [0.15, 0.2) is 0 Å². The van der Waals surface area contributed by atoms with E-state index in [0.29, 0.717) is 11.0 Å². The van der Waals surface area contributed by atoms with Gasteiger partial charge in [-0.15, -0.1) is 0 Å². The highest BCUT2D eigenvalue weighted by molar-refractivity contribution is 6.32. The summed E-state index contributed by atoms with van der Waals surface area (Å²) >= 11 is 6.47. The van der Waals surface area contributed by atoms with Gasteiger partial charge in [-0.25, -0.2) is 9.97 Å². The minimum Gasteiger partial charge on any atom is -0.278 e. The first-order chi connectivity index (χ1) is 16.8. The van der Waals surface area contributed by atoms with Crippen molar-refractivity contribution in [2.24, 2.45) is 0 Å². The highest BCUT2D eigenvalue weighted by atomic mass is 35.5. The van der Waals surface area contributed by atoms with Crippen molar-refractivity contribution in [2.75, 3.05) is 0 Å². The molecule has 0 aliphatic rings. The molecule has 0 amide bonds. The van der Waals surface area contributed by atoms with Crippen molar-refractivity contribution in [3.05, 3.63) is 114 Å². The number of rotatable bonds is 2. The largest absolute Gasteiger partial charge is 0.278 e. The van der Waals surface area contributed by atoms with Gasteiger partial charge in [-0.3, -0.25) is 4.57 Å². The molecule has 0 saturated heterocycles. The van der Waals surface area contributed by atoms with Crippen LogP contribution in [0.4, 0.5) is 0 Å². The Morgan fingerprint density at radius 2 is 1.32 bits per heavy atom. The fourth-order valence-electron chi connectivity index (χ4n) is 4.96. The van der Waals surface area contributed by atoms with Crippen LogP contribution in [0.1, 0.15) is 0 Å². The van der Waals surface area contributed by atoms with Gasteiger partial charge in [0.2, 0.25) is 5.95 Å². The number of hydrogen-bond donors (Lipinski definition) is 0. The molecule has 7 aromatic rings. The molecule has 160 valence electrons. The second kappa shape index (κ2) is 7.41. The van der Waals surface area contributed by atoms with Crippen molar-refractivity contribution in [1.29, 1.82) is 0 Å². The summed E-state index contributed by atoms with van der Waals surface area (Å²) in [4.78, 5) is 10.2. The Morgan fingerprint density at radius 1 is 0.588 bits per heavy atom. The lowest BCUT2D eigenvalue weighted by Gasteiger charge is -2.11. The molecule has 7 rings (SSSR count). The predicted molar refractivity (Wildman–Crippen MR) is 142 cm³/mol. The van der Waals surface area contributed by atoms with E-state index in [-0.39, 0.29) is 0 Å². The lowest BCUT2D eigenvalue weighted by Crippen LogP contribution is -2.03. The highest BCUT2D eigenvalue weighted by Crippen LogP contribution is 2.38. The zero-order valence-corrected chi connectivity index (χ0v) is 18.9. The number of nitrogens with zero attached hydrogens (tertiary/aromatic N) is 3. The Labute approximate surface area is 200 Å². The van der Waals surface area contributed by atoms with Crippen LogP contribution in [0, 0.1) is 0 Å². The molecule has 0 fully saturated rings. The van der Waals surface area contributed by atoms with E-state index in [9.17, 15) is 0 Å². The first-order valence-electron chi connectivity index (χ1n) is 11.2. The third-order valence-corrected chi connectivity index (χ3v) is 6.69. The predicted octanol–water partition coefficient (Wildman–Crippen LogP) is 8.20. The van der Waals surface area contributed by atoms with E-state index in [1.165, 1.54) is 10.8 Å². The Hall–Kier alpha value is -4.21. The molecule has 0 atom stereocenters. The van der Waals surface area contributed by atoms with E-state index in [1.807, 2.05) is 48.5 Å². The van der Waals surface area contributed by atoms with Gasteiger partial charge in [0.05, 0.1) is 22.2 Å². The van der Waals surface area contributed by atoms with Gasteiger partial charge in [0.25, 0.3) is 0 Å². The number of aromatic nitrogens is 3. The molecule has 0 N–H and O–H groups in total. The van der Waals surface area contributed by atoms with Crippen LogP contribution in [0.5, 0.6) is 0 Å². The second-order valence-electron chi connectivity index (χ2n) is 8.43. The van der Waals surface area contributed by atoms with Crippen molar-refractivity contribution in [3.8, 4) is 17.2 Å². The third-order valence-electron chi connectivity index (χ3n) is 6.46. The molecule has 34 heavy (non-hydrogen) atoms. The fraction of sp³-hybridized carbons (Fsp3) is 0. The lowest BCUT2D eigenvalue weighted by molar-refractivity contribution is 1.01. The van der Waals surface area contributed by atoms with Gasteiger partial charge in [-0.05, 0) is 41.1 Å². The Bertz CT molecular complexity index is 1870. The SMILES string of the molecule is Clc1ccc2c(c1)c1c3ccccc3ccc1n2-c1nc(-c2ccccc2)c2ccccc2n1. The second-order valence-corrected chi connectivity index (χ2v) is 8.87. The molecule has 0 bridgehead atoms. The monoisotopic (exact) mass is 455 g/mol. The quantitative estimate of drug-likeness (QED) is 0.263. The number of benzene rings is 5. The summed E-state index contributed by atoms with van der Waals surface area (Å²) in [5.41, 5.74) is 4.99. The molecule has 3 nitrogen and oxygen atoms in total. The van der Waals surface area contributed by atoms with Crippen LogP contribution in [0.25, 0.3) is 60.7 Å². The highest BCUT2D eigenvalue weighted by Gasteiger charge is 2.18. The van der Waals surface area contributed by atoms with Gasteiger partial charge in [0.1, 0.15) is 0 Å². The van der Waals surface area contributed by atoms with Crippen LogP contribution in [-0.2, 0) is 0 Å². The lowest BCUT2D eigenvalue weighted by atomic mass is 10.0. The molecule has 4 heteroatoms. The summed E-state index contributed by atoms with van der Waals surface area (Å²) < 4.78 is 2.16. The van der Waals surface area contributed by atoms with E-state index < -0.39 is 0 Å². The summed E-state index contributed by atoms with van der Waals surface area (Å²) in [6.07, 6.45) is 0. The standard InChI is InChI=1S/C30H18ClN3/c31-21-15-17-26-24(18-21)28-22-11-5-4-8-19(22)14-16-27(28)34(26)30-32-25-13-7-6-12-23(25)29(33-30)20-9-2-1-3-10-20/h1-18H. The summed E-state index contributed by atoms with van der Waals surface area (Å²) in [6, 6.07) is 37.3. The molecule has 0 aliphatic heterocycles. The summed E-state index contributed by atoms with van der Waals surface area (Å²) in [5.74, 6) is 0.648. The molecule has 0 spiro atoms. The van der Waals surface area contributed by atoms with Crippen LogP contribution in [-0.4, -0.2) is 14.5 Å². The summed E-state index contributed by atoms with van der Waals surface area (Å²) in [5, 5.41) is 6.38. The zero-order chi connectivity index (χ0) is 22.6. The van der Waals surface area contributed by atoms with E-state index in [4.69, 9.17) is 21.6 Å². The van der Waals surface area contributed by atoms with Crippen molar-refractivity contribution in [1.82, 2.24) is 14.5 Å². The molecule has 5 aromatic carbocycles. The molecular weight excluding hydrogens is 438 g/mol. The van der Waals surface area contributed by atoms with Gasteiger partial charge in [-0.1, -0.05) is 90.5 Å². The molecule has 0 radical (unpaired) electrons. The molecule has 2 aromatic heterocycles. The van der Waals surface area contributed by atoms with Gasteiger partial charge >= 0.3 is 0 Å². The van der Waals surface area contributed by atoms with Gasteiger partial charge < -0.3 is 0 Å². The van der Waals surface area contributed by atoms with E-state index in [2.05, 4.69) is 65.2 Å². The van der Waals surface area contributed by atoms with E-state index in [0.717, 1.165) is 44.0 Å². The number of halogens is 1. The minimum absolute atomic E-state index is 0.648. The summed E-state index contributed by atoms with van der Waals surface area (Å²) in [6.45, 7) is 0. The van der Waals surface area contributed by atoms with E-state index >= 15 is 0 Å². The Morgan fingerprint density at radius 3 is 2.21 bits per heavy atom. The van der Waals surface area contributed by atoms with Crippen molar-refractivity contribution in [3.63, 3.8) is 0 Å². The number of fused-ring (bicyclic) bond motifs is 6. The van der Waals surface area contributed by atoms with Crippen LogP contribution < -0.4 is 0 Å². The maximum Gasteiger partial charge on any atom is 0.235 e. The van der Waals surface area contributed by atoms with Crippen LogP contribution in [0.2, 0.25) is 5.02 Å². The Balaban J connectivity index is 1.65. The van der Waals surface area contributed by atoms with Crippen molar-refractivity contribution in [2.45, 2.75) is 0 Å². The number of para-hydroxylation sites is 1. The van der Waals surface area contributed by atoms with Crippen molar-refractivity contribution < 1.29 is 0 Å². The molecule has 0 saturated carbocycles. The molecular formula is C30H18ClN3. The molecule has 0 aliphatic carbocycles. The normalized spacial score (nSPS) is 11.7. The fourth-order valence-corrected chi connectivity index (χ4v) is 5.13. The smallest absolute Gasteiger partial charge is 0.235 e. The number of hydrogen-bond acceptors (Lipinski definition) is 2. The maximum absolute atomic E-state index is 6.47. The molecule has 2 heterocycles. The van der Waals surface area contributed by atoms with Crippen LogP contribution in [0.3, 0.4) is 0 Å².